The Morgan fingerprint density at radius 2 is 2.00 bits per heavy atom. The molecule has 1 fully saturated rings. The number of anilines is 1. The van der Waals surface area contributed by atoms with Crippen LogP contribution in [0.4, 0.5) is 10.5 Å². The quantitative estimate of drug-likeness (QED) is 0.708. The number of carboxylic acid groups (broad SMARTS) is 1. The number of aromatic hydroxyl groups is 1. The minimum atomic E-state index is -1.07. The Morgan fingerprint density at radius 3 is 2.66 bits per heavy atom. The number of hydrogen-bond donors (Lipinski definition) is 3. The number of ether oxygens (including phenoxy) is 1. The number of phenolic OH excluding ortho intramolecular Hbond substituents is 1. The molecule has 2 aliphatic heterocycles. The number of aromatic carboxylic acids is 1. The van der Waals surface area contributed by atoms with Crippen molar-refractivity contribution in [1.82, 2.24) is 5.32 Å². The van der Waals surface area contributed by atoms with Crippen LogP contribution in [-0.4, -0.2) is 27.9 Å². The van der Waals surface area contributed by atoms with Crippen LogP contribution in [0.2, 0.25) is 0 Å². The molecule has 2 aromatic carbocycles. The van der Waals surface area contributed by atoms with Gasteiger partial charge in [-0.15, -0.1) is 0 Å². The number of nitrogens with zero attached hydrogens (tertiary/aromatic N) is 1. The molecule has 7 heteroatoms. The average molecular weight is 396 g/mol. The molecular weight excluding hydrogens is 372 g/mol. The van der Waals surface area contributed by atoms with Crippen LogP contribution in [-0.2, 0) is 5.41 Å². The number of amides is 2. The molecule has 3 N–H and O–H groups in total. The van der Waals surface area contributed by atoms with E-state index >= 15 is 0 Å². The third kappa shape index (κ3) is 3.06. The van der Waals surface area contributed by atoms with Gasteiger partial charge in [0.2, 0.25) is 0 Å². The summed E-state index contributed by atoms with van der Waals surface area (Å²) in [6.07, 6.45) is 0.454. The number of hydrogen-bond acceptors (Lipinski definition) is 4. The molecule has 4 rings (SSSR count). The number of nitrogens with one attached hydrogen (secondary N) is 1. The second-order valence-corrected chi connectivity index (χ2v) is 8.84. The Kier molecular flexibility index (Phi) is 4.05. The maximum Gasteiger partial charge on any atom is 0.335 e. The highest BCUT2D eigenvalue weighted by atomic mass is 16.5. The van der Waals surface area contributed by atoms with Gasteiger partial charge in [-0.2, -0.15) is 0 Å². The number of carbonyl (C=O) groups is 2. The van der Waals surface area contributed by atoms with Gasteiger partial charge in [-0.1, -0.05) is 26.8 Å². The summed E-state index contributed by atoms with van der Waals surface area (Å²) >= 11 is 0. The van der Waals surface area contributed by atoms with Gasteiger partial charge in [-0.25, -0.2) is 9.59 Å². The van der Waals surface area contributed by atoms with E-state index in [2.05, 4.69) is 26.1 Å². The highest BCUT2D eigenvalue weighted by molar-refractivity contribution is 5.97. The van der Waals surface area contributed by atoms with Gasteiger partial charge in [0.05, 0.1) is 17.3 Å². The molecule has 1 saturated heterocycles. The maximum absolute atomic E-state index is 13.0. The first-order valence-corrected chi connectivity index (χ1v) is 9.50. The molecule has 0 radical (unpaired) electrons. The van der Waals surface area contributed by atoms with E-state index < -0.39 is 11.7 Å². The molecule has 2 amide bonds. The number of benzene rings is 2. The van der Waals surface area contributed by atoms with Gasteiger partial charge in [-0.3, -0.25) is 4.90 Å². The van der Waals surface area contributed by atoms with Crippen LogP contribution in [0.15, 0.2) is 36.4 Å². The molecule has 2 bridgehead atoms. The van der Waals surface area contributed by atoms with E-state index in [1.165, 1.54) is 17.0 Å². The Labute approximate surface area is 168 Å². The van der Waals surface area contributed by atoms with Crippen LogP contribution in [0.25, 0.3) is 0 Å². The molecule has 29 heavy (non-hydrogen) atoms. The van der Waals surface area contributed by atoms with Crippen molar-refractivity contribution >= 4 is 17.7 Å². The van der Waals surface area contributed by atoms with Crippen LogP contribution in [0, 0.1) is 0 Å². The van der Waals surface area contributed by atoms with Gasteiger partial charge in [0.1, 0.15) is 0 Å². The van der Waals surface area contributed by atoms with E-state index in [-0.39, 0.29) is 28.8 Å². The van der Waals surface area contributed by atoms with Crippen molar-refractivity contribution in [3.8, 4) is 11.5 Å². The first kappa shape index (κ1) is 19.1. The summed E-state index contributed by atoms with van der Waals surface area (Å²) in [5.41, 5.74) is 0.951. The molecule has 2 atom stereocenters. The van der Waals surface area contributed by atoms with Crippen molar-refractivity contribution in [2.24, 2.45) is 0 Å². The summed E-state index contributed by atoms with van der Waals surface area (Å²) in [6.45, 7) is 7.93. The maximum atomic E-state index is 13.0. The first-order valence-electron chi connectivity index (χ1n) is 9.50. The number of fused-ring (bicyclic) bond motifs is 4. The second-order valence-electron chi connectivity index (χ2n) is 8.84. The fourth-order valence-electron chi connectivity index (χ4n) is 4.05. The first-order chi connectivity index (χ1) is 13.5. The lowest BCUT2D eigenvalue weighted by Gasteiger charge is -2.50. The van der Waals surface area contributed by atoms with E-state index in [0.29, 0.717) is 17.9 Å². The largest absolute Gasteiger partial charge is 0.504 e. The van der Waals surface area contributed by atoms with Gasteiger partial charge in [0.25, 0.3) is 0 Å². The molecule has 152 valence electrons. The van der Waals surface area contributed by atoms with Crippen molar-refractivity contribution in [2.75, 3.05) is 4.90 Å². The smallest absolute Gasteiger partial charge is 0.335 e. The minimum absolute atomic E-state index is 0.0266. The fourth-order valence-corrected chi connectivity index (χ4v) is 4.05. The van der Waals surface area contributed by atoms with Gasteiger partial charge >= 0.3 is 12.0 Å². The van der Waals surface area contributed by atoms with Gasteiger partial charge in [0.15, 0.2) is 17.2 Å². The normalized spacial score (nSPS) is 23.1. The van der Waals surface area contributed by atoms with Crippen molar-refractivity contribution < 1.29 is 24.5 Å². The zero-order valence-corrected chi connectivity index (χ0v) is 16.8. The number of carboxylic acids is 1. The molecule has 0 aliphatic carbocycles. The summed E-state index contributed by atoms with van der Waals surface area (Å²) < 4.78 is 6.19. The van der Waals surface area contributed by atoms with Gasteiger partial charge in [-0.05, 0) is 48.2 Å². The van der Waals surface area contributed by atoms with Gasteiger partial charge < -0.3 is 20.3 Å². The molecule has 2 aliphatic rings. The van der Waals surface area contributed by atoms with Crippen molar-refractivity contribution in [2.45, 2.75) is 51.3 Å². The van der Waals surface area contributed by atoms with Crippen molar-refractivity contribution in [1.29, 1.82) is 0 Å². The monoisotopic (exact) mass is 396 g/mol. The van der Waals surface area contributed by atoms with E-state index in [1.807, 2.05) is 6.07 Å². The van der Waals surface area contributed by atoms with Crippen LogP contribution in [0.5, 0.6) is 11.5 Å². The Balaban J connectivity index is 1.80. The number of rotatable bonds is 2. The summed E-state index contributed by atoms with van der Waals surface area (Å²) in [7, 11) is 0. The number of urea groups is 1. The van der Waals surface area contributed by atoms with Crippen LogP contribution >= 0.6 is 0 Å². The highest BCUT2D eigenvalue weighted by Crippen LogP contribution is 2.50. The SMILES string of the molecule is CC(C)(C)c1cc(O)c2c(c1)[C@H]1C[C@](C)(O2)N(c2cccc(C(=O)O)c2)C(=O)N1. The van der Waals surface area contributed by atoms with Crippen molar-refractivity contribution in [3.63, 3.8) is 0 Å². The van der Waals surface area contributed by atoms with E-state index in [0.717, 1.165) is 11.1 Å². The van der Waals surface area contributed by atoms with E-state index in [9.17, 15) is 19.8 Å². The zero-order chi connectivity index (χ0) is 21.1. The Morgan fingerprint density at radius 1 is 1.28 bits per heavy atom. The minimum Gasteiger partial charge on any atom is -0.504 e. The zero-order valence-electron chi connectivity index (χ0n) is 16.8. The Hall–Kier alpha value is -3.22. The lowest BCUT2D eigenvalue weighted by atomic mass is 9.82. The molecule has 0 spiro atoms. The van der Waals surface area contributed by atoms with E-state index in [4.69, 9.17) is 4.74 Å². The third-order valence-corrected chi connectivity index (χ3v) is 5.57. The van der Waals surface area contributed by atoms with Crippen molar-refractivity contribution in [3.05, 3.63) is 53.1 Å². The van der Waals surface area contributed by atoms with Crippen LogP contribution < -0.4 is 15.0 Å². The highest BCUT2D eigenvalue weighted by Gasteiger charge is 2.50. The lowest BCUT2D eigenvalue weighted by molar-refractivity contribution is 0.0348. The predicted molar refractivity (Wildman–Crippen MR) is 108 cm³/mol. The fraction of sp³-hybridized carbons (Fsp3) is 0.364. The molecule has 0 unspecified atom stereocenters. The molecule has 0 aromatic heterocycles. The number of carbonyl (C=O) groups excluding carboxylic acids is 1. The Bertz CT molecular complexity index is 1030. The average Bonchev–Trinajstić information content (AvgIpc) is 2.61. The molecule has 2 heterocycles. The number of phenols is 1. The van der Waals surface area contributed by atoms with E-state index in [1.54, 1.807) is 25.1 Å². The molecular formula is C22H24N2O5. The molecule has 7 nitrogen and oxygen atoms in total. The van der Waals surface area contributed by atoms with Crippen LogP contribution in [0.1, 0.15) is 61.6 Å². The van der Waals surface area contributed by atoms with Crippen LogP contribution in [0.3, 0.4) is 0 Å². The summed E-state index contributed by atoms with van der Waals surface area (Å²) in [4.78, 5) is 25.8. The summed E-state index contributed by atoms with van der Waals surface area (Å²) in [5.74, 6) is -0.704. The predicted octanol–water partition coefficient (Wildman–Crippen LogP) is 4.16. The summed E-state index contributed by atoms with van der Waals surface area (Å²) in [5, 5.41) is 22.9. The second kappa shape index (κ2) is 6.14. The third-order valence-electron chi connectivity index (χ3n) is 5.57. The molecule has 0 saturated carbocycles. The lowest BCUT2D eigenvalue weighted by Crippen LogP contribution is -2.65. The standard InChI is InChI=1S/C22H24N2O5/c1-21(2,3)13-9-15-16-11-22(4,29-18(15)17(25)10-13)24(20(28)23-16)14-7-5-6-12(8-14)19(26)27/h5-10,16,25H,11H2,1-4H3,(H,23,28)(H,26,27)/t16-,22+/m1/s1. The molecule has 2 aromatic rings. The summed E-state index contributed by atoms with van der Waals surface area (Å²) in [6, 6.07) is 9.14. The van der Waals surface area contributed by atoms with Gasteiger partial charge in [0, 0.05) is 12.0 Å². The topological polar surface area (TPSA) is 99.1 Å².